The van der Waals surface area contributed by atoms with E-state index in [4.69, 9.17) is 11.6 Å². The SMILES string of the molecule is Oc1ccc(F)c(NCc2cc(-c3cccc(F)c3)ccc2Cl)c1F. The second-order valence-corrected chi connectivity index (χ2v) is 5.83. The highest BCUT2D eigenvalue weighted by atomic mass is 35.5. The molecule has 0 aliphatic heterocycles. The Morgan fingerprint density at radius 2 is 1.68 bits per heavy atom. The molecule has 0 radical (unpaired) electrons. The lowest BCUT2D eigenvalue weighted by Crippen LogP contribution is -2.04. The molecule has 2 nitrogen and oxygen atoms in total. The zero-order valence-electron chi connectivity index (χ0n) is 12.9. The van der Waals surface area contributed by atoms with Gasteiger partial charge in [0, 0.05) is 11.6 Å². The van der Waals surface area contributed by atoms with E-state index in [0.717, 1.165) is 17.7 Å². The molecular weight excluding hydrogens is 351 g/mol. The molecule has 6 heteroatoms. The molecule has 3 aromatic carbocycles. The standard InChI is InChI=1S/C19H13ClF3NO/c20-15-5-4-12(11-2-1-3-14(21)9-11)8-13(15)10-24-19-16(22)6-7-17(25)18(19)23/h1-9,24-25H,10H2. The summed E-state index contributed by atoms with van der Waals surface area (Å²) in [5, 5.41) is 12.3. The van der Waals surface area contributed by atoms with Crippen LogP contribution in [0.2, 0.25) is 5.02 Å². The van der Waals surface area contributed by atoms with Crippen molar-refractivity contribution in [1.29, 1.82) is 0 Å². The van der Waals surface area contributed by atoms with Crippen molar-refractivity contribution in [2.45, 2.75) is 6.54 Å². The number of hydrogen-bond donors (Lipinski definition) is 2. The molecule has 0 unspecified atom stereocenters. The van der Waals surface area contributed by atoms with E-state index in [9.17, 15) is 18.3 Å². The van der Waals surface area contributed by atoms with Gasteiger partial charge in [-0.3, -0.25) is 0 Å². The highest BCUT2D eigenvalue weighted by Gasteiger charge is 2.13. The predicted molar refractivity (Wildman–Crippen MR) is 92.2 cm³/mol. The lowest BCUT2D eigenvalue weighted by molar-refractivity contribution is 0.429. The van der Waals surface area contributed by atoms with Crippen LogP contribution in [0.5, 0.6) is 5.75 Å². The van der Waals surface area contributed by atoms with Gasteiger partial charge in [0.05, 0.1) is 0 Å². The van der Waals surface area contributed by atoms with Crippen molar-refractivity contribution < 1.29 is 18.3 Å². The smallest absolute Gasteiger partial charge is 0.190 e. The molecule has 0 aliphatic rings. The lowest BCUT2D eigenvalue weighted by Gasteiger charge is -2.12. The number of benzene rings is 3. The Hall–Kier alpha value is -2.66. The minimum atomic E-state index is -1.07. The Kier molecular flexibility index (Phi) is 4.86. The van der Waals surface area contributed by atoms with Crippen molar-refractivity contribution >= 4 is 17.3 Å². The van der Waals surface area contributed by atoms with Crippen LogP contribution in [0.4, 0.5) is 18.9 Å². The Morgan fingerprint density at radius 1 is 0.920 bits per heavy atom. The first-order chi connectivity index (χ1) is 12.0. The van der Waals surface area contributed by atoms with Crippen LogP contribution >= 0.6 is 11.6 Å². The largest absolute Gasteiger partial charge is 0.505 e. The van der Waals surface area contributed by atoms with Crippen LogP contribution < -0.4 is 5.32 Å². The van der Waals surface area contributed by atoms with Crippen LogP contribution in [0, 0.1) is 17.5 Å². The van der Waals surface area contributed by atoms with Gasteiger partial charge in [-0.2, -0.15) is 0 Å². The zero-order valence-corrected chi connectivity index (χ0v) is 13.6. The van der Waals surface area contributed by atoms with E-state index in [1.165, 1.54) is 12.1 Å². The summed E-state index contributed by atoms with van der Waals surface area (Å²) in [6.45, 7) is 0.0271. The number of nitrogens with one attached hydrogen (secondary N) is 1. The van der Waals surface area contributed by atoms with Gasteiger partial charge in [0.2, 0.25) is 0 Å². The first-order valence-corrected chi connectivity index (χ1v) is 7.78. The normalized spacial score (nSPS) is 10.7. The predicted octanol–water partition coefficient (Wildman–Crippen LogP) is 5.74. The summed E-state index contributed by atoms with van der Waals surface area (Å²) >= 11 is 6.14. The van der Waals surface area contributed by atoms with Gasteiger partial charge >= 0.3 is 0 Å². The second-order valence-electron chi connectivity index (χ2n) is 5.43. The fourth-order valence-corrected chi connectivity index (χ4v) is 2.63. The Morgan fingerprint density at radius 3 is 2.44 bits per heavy atom. The van der Waals surface area contributed by atoms with Crippen molar-refractivity contribution in [2.24, 2.45) is 0 Å². The number of hydrogen-bond acceptors (Lipinski definition) is 2. The first kappa shape index (κ1) is 17.2. The quantitative estimate of drug-likeness (QED) is 0.619. The number of rotatable bonds is 4. The summed E-state index contributed by atoms with van der Waals surface area (Å²) < 4.78 is 40.9. The molecule has 3 aromatic rings. The maximum atomic E-state index is 13.8. The maximum absolute atomic E-state index is 13.8. The molecule has 0 bridgehead atoms. The van der Waals surface area contributed by atoms with Gasteiger partial charge < -0.3 is 10.4 Å². The van der Waals surface area contributed by atoms with Crippen LogP contribution in [-0.2, 0) is 6.54 Å². The molecule has 0 atom stereocenters. The third-order valence-electron chi connectivity index (χ3n) is 3.73. The van der Waals surface area contributed by atoms with Crippen LogP contribution in [0.1, 0.15) is 5.56 Å². The monoisotopic (exact) mass is 363 g/mol. The molecule has 0 saturated heterocycles. The van der Waals surface area contributed by atoms with Gasteiger partial charge in [-0.1, -0.05) is 29.8 Å². The van der Waals surface area contributed by atoms with Crippen LogP contribution in [-0.4, -0.2) is 5.11 Å². The average Bonchev–Trinajstić information content (AvgIpc) is 2.60. The molecule has 0 heterocycles. The third kappa shape index (κ3) is 3.72. The average molecular weight is 364 g/mol. The summed E-state index contributed by atoms with van der Waals surface area (Å²) in [4.78, 5) is 0. The van der Waals surface area contributed by atoms with Crippen molar-refractivity contribution in [3.8, 4) is 16.9 Å². The van der Waals surface area contributed by atoms with E-state index in [2.05, 4.69) is 5.32 Å². The highest BCUT2D eigenvalue weighted by molar-refractivity contribution is 6.31. The molecular formula is C19H13ClF3NO. The molecule has 25 heavy (non-hydrogen) atoms. The molecule has 3 rings (SSSR count). The van der Waals surface area contributed by atoms with E-state index in [1.54, 1.807) is 30.3 Å². The summed E-state index contributed by atoms with van der Waals surface area (Å²) in [6, 6.07) is 13.0. The Balaban J connectivity index is 1.89. The lowest BCUT2D eigenvalue weighted by atomic mass is 10.0. The fraction of sp³-hybridized carbons (Fsp3) is 0.0526. The molecule has 0 aliphatic carbocycles. The van der Waals surface area contributed by atoms with E-state index in [-0.39, 0.29) is 12.4 Å². The van der Waals surface area contributed by atoms with Crippen molar-refractivity contribution in [3.63, 3.8) is 0 Å². The first-order valence-electron chi connectivity index (χ1n) is 7.41. The van der Waals surface area contributed by atoms with E-state index in [1.807, 2.05) is 0 Å². The number of anilines is 1. The fourth-order valence-electron chi connectivity index (χ4n) is 2.44. The second kappa shape index (κ2) is 7.07. The summed E-state index contributed by atoms with van der Waals surface area (Å²) in [6.07, 6.45) is 0. The van der Waals surface area contributed by atoms with Crippen molar-refractivity contribution in [2.75, 3.05) is 5.32 Å². The summed E-state index contributed by atoms with van der Waals surface area (Å²) in [7, 11) is 0. The van der Waals surface area contributed by atoms with E-state index in [0.29, 0.717) is 16.1 Å². The highest BCUT2D eigenvalue weighted by Crippen LogP contribution is 2.29. The zero-order chi connectivity index (χ0) is 18.0. The van der Waals surface area contributed by atoms with Gasteiger partial charge in [0.15, 0.2) is 11.6 Å². The number of phenols is 1. The van der Waals surface area contributed by atoms with Crippen molar-refractivity contribution in [3.05, 3.63) is 82.6 Å². The number of aromatic hydroxyl groups is 1. The molecule has 2 N–H and O–H groups in total. The molecule has 0 aromatic heterocycles. The Labute approximate surface area is 147 Å². The van der Waals surface area contributed by atoms with E-state index >= 15 is 0 Å². The minimum Gasteiger partial charge on any atom is -0.505 e. The van der Waals surface area contributed by atoms with Gasteiger partial charge in [0.1, 0.15) is 17.3 Å². The van der Waals surface area contributed by atoms with Crippen LogP contribution in [0.3, 0.4) is 0 Å². The van der Waals surface area contributed by atoms with Crippen molar-refractivity contribution in [1.82, 2.24) is 0 Å². The summed E-state index contributed by atoms with van der Waals surface area (Å²) in [5.41, 5.74) is 1.52. The molecule has 0 saturated carbocycles. The van der Waals surface area contributed by atoms with Crippen LogP contribution in [0.25, 0.3) is 11.1 Å². The minimum absolute atomic E-state index is 0.0271. The molecule has 128 valence electrons. The summed E-state index contributed by atoms with van der Waals surface area (Å²) in [5.74, 6) is -2.91. The van der Waals surface area contributed by atoms with Gasteiger partial charge in [-0.15, -0.1) is 0 Å². The van der Waals surface area contributed by atoms with Gasteiger partial charge in [0.25, 0.3) is 0 Å². The number of phenolic OH excluding ortho intramolecular Hbond substituents is 1. The van der Waals surface area contributed by atoms with E-state index < -0.39 is 23.1 Å². The molecule has 0 spiro atoms. The molecule has 0 fully saturated rings. The van der Waals surface area contributed by atoms with Gasteiger partial charge in [-0.25, -0.2) is 13.2 Å². The molecule has 0 amide bonds. The Bertz CT molecular complexity index is 931. The maximum Gasteiger partial charge on any atom is 0.190 e. The number of halogens is 4. The third-order valence-corrected chi connectivity index (χ3v) is 4.10. The van der Waals surface area contributed by atoms with Gasteiger partial charge in [-0.05, 0) is 53.1 Å². The van der Waals surface area contributed by atoms with Crippen LogP contribution in [0.15, 0.2) is 54.6 Å². The topological polar surface area (TPSA) is 32.3 Å².